The van der Waals surface area contributed by atoms with Crippen LogP contribution in [0.15, 0.2) is 35.2 Å². The van der Waals surface area contributed by atoms with E-state index < -0.39 is 16.1 Å². The molecule has 1 amide bonds. The van der Waals surface area contributed by atoms with E-state index in [0.717, 1.165) is 18.6 Å². The lowest BCUT2D eigenvalue weighted by Gasteiger charge is -2.34. The number of hydrogen-bond donors (Lipinski definition) is 2. The van der Waals surface area contributed by atoms with Crippen LogP contribution in [0.3, 0.4) is 0 Å². The molecule has 1 aromatic rings. The first kappa shape index (κ1) is 23.2. The molecule has 1 unspecified atom stereocenters. The predicted molar refractivity (Wildman–Crippen MR) is 109 cm³/mol. The first-order valence-electron chi connectivity index (χ1n) is 8.50. The molecule has 0 aliphatic carbocycles. The number of amides is 1. The van der Waals surface area contributed by atoms with Gasteiger partial charge >= 0.3 is 0 Å². The number of halogens is 1. The monoisotopic (exact) mass is 421 g/mol. The molecule has 1 saturated heterocycles. The minimum absolute atomic E-state index is 0. The Morgan fingerprint density at radius 2 is 1.88 bits per heavy atom. The van der Waals surface area contributed by atoms with Gasteiger partial charge in [0.05, 0.1) is 4.90 Å². The third-order valence-corrected chi connectivity index (χ3v) is 6.61. The van der Waals surface area contributed by atoms with Crippen molar-refractivity contribution in [3.63, 3.8) is 0 Å². The molecule has 148 valence electrons. The first-order valence-corrected chi connectivity index (χ1v) is 11.4. The van der Waals surface area contributed by atoms with Crippen molar-refractivity contribution in [2.75, 3.05) is 32.1 Å². The number of thioether (sulfide) groups is 1. The van der Waals surface area contributed by atoms with Crippen LogP contribution in [0, 0.1) is 0 Å². The number of carbonyl (C=O) groups is 1. The zero-order valence-electron chi connectivity index (χ0n) is 15.2. The molecular weight excluding hydrogens is 394 g/mol. The maximum absolute atomic E-state index is 12.9. The lowest BCUT2D eigenvalue weighted by Crippen LogP contribution is -2.52. The van der Waals surface area contributed by atoms with E-state index in [-0.39, 0.29) is 23.2 Å². The van der Waals surface area contributed by atoms with E-state index in [9.17, 15) is 13.2 Å². The van der Waals surface area contributed by atoms with Crippen molar-refractivity contribution in [3.05, 3.63) is 30.3 Å². The third kappa shape index (κ3) is 6.42. The molecule has 1 aromatic carbocycles. The van der Waals surface area contributed by atoms with Crippen LogP contribution in [0.2, 0.25) is 0 Å². The molecule has 2 rings (SSSR count). The number of nitrogens with one attached hydrogen (secondary N) is 2. The van der Waals surface area contributed by atoms with Gasteiger partial charge in [-0.05, 0) is 50.5 Å². The van der Waals surface area contributed by atoms with Gasteiger partial charge in [0, 0.05) is 19.1 Å². The molecule has 0 radical (unpaired) electrons. The van der Waals surface area contributed by atoms with Gasteiger partial charge in [-0.15, -0.1) is 12.4 Å². The lowest BCUT2D eigenvalue weighted by atomic mass is 10.0. The molecular formula is C17H28ClN3O3S2. The van der Waals surface area contributed by atoms with Crippen molar-refractivity contribution in [1.82, 2.24) is 14.9 Å². The van der Waals surface area contributed by atoms with Crippen LogP contribution in [-0.2, 0) is 14.8 Å². The van der Waals surface area contributed by atoms with Crippen molar-refractivity contribution in [1.29, 1.82) is 0 Å². The third-order valence-electron chi connectivity index (χ3n) is 4.47. The highest BCUT2D eigenvalue weighted by Crippen LogP contribution is 2.15. The van der Waals surface area contributed by atoms with Gasteiger partial charge in [-0.1, -0.05) is 18.2 Å². The van der Waals surface area contributed by atoms with Crippen molar-refractivity contribution >= 4 is 40.1 Å². The second-order valence-electron chi connectivity index (χ2n) is 6.16. The number of piperidine rings is 1. The summed E-state index contributed by atoms with van der Waals surface area (Å²) < 4.78 is 27.8. The summed E-state index contributed by atoms with van der Waals surface area (Å²) in [5.74, 6) is 0.601. The average molecular weight is 422 g/mol. The van der Waals surface area contributed by atoms with Gasteiger partial charge in [0.2, 0.25) is 15.9 Å². The van der Waals surface area contributed by atoms with Crippen molar-refractivity contribution in [2.45, 2.75) is 36.2 Å². The van der Waals surface area contributed by atoms with E-state index >= 15 is 0 Å². The Bertz CT molecular complexity index is 650. The molecule has 9 heteroatoms. The number of nitrogens with zero attached hydrogens (tertiary/aromatic N) is 1. The van der Waals surface area contributed by atoms with Gasteiger partial charge in [-0.25, -0.2) is 8.42 Å². The SMILES string of the molecule is CNC1CCN(C(=O)C(CCSC)NS(=O)(=O)c2ccccc2)CC1.Cl. The van der Waals surface area contributed by atoms with Gasteiger partial charge < -0.3 is 10.2 Å². The molecule has 0 spiro atoms. The second kappa shape index (κ2) is 11.1. The molecule has 1 atom stereocenters. The standard InChI is InChI=1S/C17H27N3O3S2.ClH/c1-18-14-8-11-20(12-9-14)17(21)16(10-13-24-2)19-25(22,23)15-6-4-3-5-7-15;/h3-7,14,16,18-19H,8-13H2,1-2H3;1H. The van der Waals surface area contributed by atoms with E-state index in [0.29, 0.717) is 25.6 Å². The van der Waals surface area contributed by atoms with Crippen molar-refractivity contribution < 1.29 is 13.2 Å². The quantitative estimate of drug-likeness (QED) is 0.668. The summed E-state index contributed by atoms with van der Waals surface area (Å²) in [7, 11) is -1.78. The molecule has 0 saturated carbocycles. The molecule has 26 heavy (non-hydrogen) atoms. The molecule has 2 N–H and O–H groups in total. The van der Waals surface area contributed by atoms with Gasteiger partial charge in [0.1, 0.15) is 6.04 Å². The number of hydrogen-bond acceptors (Lipinski definition) is 5. The zero-order valence-corrected chi connectivity index (χ0v) is 17.6. The van der Waals surface area contributed by atoms with Crippen LogP contribution < -0.4 is 10.0 Å². The highest BCUT2D eigenvalue weighted by Gasteiger charge is 2.30. The van der Waals surface area contributed by atoms with Crippen LogP contribution in [0.25, 0.3) is 0 Å². The van der Waals surface area contributed by atoms with Gasteiger partial charge in [0.25, 0.3) is 0 Å². The largest absolute Gasteiger partial charge is 0.341 e. The molecule has 0 bridgehead atoms. The molecule has 6 nitrogen and oxygen atoms in total. The van der Waals surface area contributed by atoms with E-state index in [1.165, 1.54) is 12.1 Å². The van der Waals surface area contributed by atoms with Crippen LogP contribution in [0.4, 0.5) is 0 Å². The first-order chi connectivity index (χ1) is 12.0. The fraction of sp³-hybridized carbons (Fsp3) is 0.588. The number of likely N-dealkylation sites (tertiary alicyclic amines) is 1. The van der Waals surface area contributed by atoms with Crippen molar-refractivity contribution in [3.8, 4) is 0 Å². The van der Waals surface area contributed by atoms with Gasteiger partial charge in [-0.3, -0.25) is 4.79 Å². The smallest absolute Gasteiger partial charge is 0.241 e. The second-order valence-corrected chi connectivity index (χ2v) is 8.86. The topological polar surface area (TPSA) is 78.5 Å². The Hall–Kier alpha value is -0.800. The van der Waals surface area contributed by atoms with Gasteiger partial charge in [0.15, 0.2) is 0 Å². The maximum Gasteiger partial charge on any atom is 0.241 e. The Morgan fingerprint density at radius 1 is 1.27 bits per heavy atom. The summed E-state index contributed by atoms with van der Waals surface area (Å²) in [6, 6.07) is 7.90. The number of benzene rings is 1. The normalized spacial score (nSPS) is 16.8. The summed E-state index contributed by atoms with van der Waals surface area (Å²) in [5.41, 5.74) is 0. The van der Waals surface area contributed by atoms with E-state index in [2.05, 4.69) is 10.0 Å². The lowest BCUT2D eigenvalue weighted by molar-refractivity contribution is -0.134. The molecule has 1 fully saturated rings. The number of carbonyl (C=O) groups excluding carboxylic acids is 1. The maximum atomic E-state index is 12.9. The van der Waals surface area contributed by atoms with E-state index in [4.69, 9.17) is 0 Å². The zero-order chi connectivity index (χ0) is 18.3. The van der Waals surface area contributed by atoms with Crippen molar-refractivity contribution in [2.24, 2.45) is 0 Å². The highest BCUT2D eigenvalue weighted by atomic mass is 35.5. The Kier molecular flexibility index (Phi) is 9.95. The summed E-state index contributed by atoms with van der Waals surface area (Å²) in [6.07, 6.45) is 4.22. The average Bonchev–Trinajstić information content (AvgIpc) is 2.65. The highest BCUT2D eigenvalue weighted by molar-refractivity contribution is 7.98. The Balaban J connectivity index is 0.00000338. The molecule has 1 aliphatic heterocycles. The van der Waals surface area contributed by atoms with E-state index in [1.807, 2.05) is 13.3 Å². The summed E-state index contributed by atoms with van der Waals surface area (Å²) >= 11 is 1.60. The van der Waals surface area contributed by atoms with Crippen LogP contribution >= 0.6 is 24.2 Å². The molecule has 1 aliphatic rings. The summed E-state index contributed by atoms with van der Waals surface area (Å²) in [4.78, 5) is 14.8. The number of sulfonamides is 1. The summed E-state index contributed by atoms with van der Waals surface area (Å²) in [6.45, 7) is 1.32. The summed E-state index contributed by atoms with van der Waals surface area (Å²) in [5, 5.41) is 3.23. The minimum atomic E-state index is -3.71. The Labute approximate surface area is 166 Å². The van der Waals surface area contributed by atoms with E-state index in [1.54, 1.807) is 34.9 Å². The Morgan fingerprint density at radius 3 is 2.42 bits per heavy atom. The number of rotatable bonds is 8. The fourth-order valence-electron chi connectivity index (χ4n) is 2.93. The van der Waals surface area contributed by atoms with Gasteiger partial charge in [-0.2, -0.15) is 16.5 Å². The molecule has 1 heterocycles. The molecule has 0 aromatic heterocycles. The van der Waals surface area contributed by atoms with Crippen LogP contribution in [0.5, 0.6) is 0 Å². The fourth-order valence-corrected chi connectivity index (χ4v) is 4.65. The predicted octanol–water partition coefficient (Wildman–Crippen LogP) is 1.72. The minimum Gasteiger partial charge on any atom is -0.341 e. The van der Waals surface area contributed by atoms with Crippen LogP contribution in [0.1, 0.15) is 19.3 Å². The van der Waals surface area contributed by atoms with Crippen LogP contribution in [-0.4, -0.2) is 63.5 Å².